The third-order valence-corrected chi connectivity index (χ3v) is 4.37. The number of aromatic nitrogens is 1. The second-order valence-corrected chi connectivity index (χ2v) is 6.79. The van der Waals surface area contributed by atoms with E-state index in [0.29, 0.717) is 18.2 Å². The summed E-state index contributed by atoms with van der Waals surface area (Å²) in [5.74, 6) is 2.45. The number of aliphatic imine (C=N–C) groups is 1. The fraction of sp³-hybridized carbons (Fsp3) is 0.400. The number of para-hydroxylation sites is 1. The molecule has 5 nitrogen and oxygen atoms in total. The van der Waals surface area contributed by atoms with Gasteiger partial charge in [0.05, 0.1) is 13.2 Å². The standard InChI is InChI=1S/C20H25ClN4O.HI/c1-2-22-20(24-12-16-9-10-19(21)23-11-16)25-13-17-5-3-4-6-18(17)26-14-15-7-8-15;/h3-6,9-11,15H,2,7-8,12-14H2,1H3,(H2,22,24,25);1H. The lowest BCUT2D eigenvalue weighted by Gasteiger charge is -2.14. The molecule has 2 N–H and O–H groups in total. The van der Waals surface area contributed by atoms with Gasteiger partial charge in [-0.2, -0.15) is 0 Å². The van der Waals surface area contributed by atoms with Gasteiger partial charge in [0, 0.05) is 24.8 Å². The first-order chi connectivity index (χ1) is 12.7. The van der Waals surface area contributed by atoms with Crippen molar-refractivity contribution in [1.82, 2.24) is 15.6 Å². The van der Waals surface area contributed by atoms with Crippen molar-refractivity contribution in [3.63, 3.8) is 0 Å². The van der Waals surface area contributed by atoms with Crippen LogP contribution in [0.2, 0.25) is 5.15 Å². The molecule has 1 aromatic heterocycles. The number of guanidine groups is 1. The molecule has 3 rings (SSSR count). The van der Waals surface area contributed by atoms with Gasteiger partial charge in [0.1, 0.15) is 10.9 Å². The second-order valence-electron chi connectivity index (χ2n) is 6.40. The summed E-state index contributed by atoms with van der Waals surface area (Å²) in [6.07, 6.45) is 4.32. The summed E-state index contributed by atoms with van der Waals surface area (Å²) in [6, 6.07) is 11.9. The van der Waals surface area contributed by atoms with E-state index >= 15 is 0 Å². The summed E-state index contributed by atoms with van der Waals surface area (Å²) in [5, 5.41) is 7.13. The average Bonchev–Trinajstić information content (AvgIpc) is 3.49. The van der Waals surface area contributed by atoms with Gasteiger partial charge in [-0.3, -0.25) is 0 Å². The molecular formula is C20H26ClIN4O. The Morgan fingerprint density at radius 2 is 2.04 bits per heavy atom. The van der Waals surface area contributed by atoms with Crippen LogP contribution in [0.3, 0.4) is 0 Å². The van der Waals surface area contributed by atoms with E-state index in [2.05, 4.69) is 26.7 Å². The van der Waals surface area contributed by atoms with E-state index in [1.54, 1.807) is 12.3 Å². The maximum atomic E-state index is 5.97. The van der Waals surface area contributed by atoms with Crippen molar-refractivity contribution in [1.29, 1.82) is 0 Å². The molecule has 2 aromatic rings. The second kappa shape index (κ2) is 11.3. The number of nitrogens with one attached hydrogen (secondary N) is 2. The van der Waals surface area contributed by atoms with Crippen molar-refractivity contribution in [2.75, 3.05) is 13.2 Å². The molecule has 0 amide bonds. The van der Waals surface area contributed by atoms with Gasteiger partial charge < -0.3 is 15.4 Å². The summed E-state index contributed by atoms with van der Waals surface area (Å²) in [5.41, 5.74) is 2.15. The average molecular weight is 501 g/mol. The predicted molar refractivity (Wildman–Crippen MR) is 121 cm³/mol. The van der Waals surface area contributed by atoms with Gasteiger partial charge in [-0.1, -0.05) is 35.9 Å². The van der Waals surface area contributed by atoms with Crippen molar-refractivity contribution < 1.29 is 4.74 Å². The molecule has 0 unspecified atom stereocenters. The molecule has 146 valence electrons. The first kappa shape index (κ1) is 21.8. The zero-order valence-electron chi connectivity index (χ0n) is 15.5. The third-order valence-electron chi connectivity index (χ3n) is 4.14. The zero-order valence-corrected chi connectivity index (χ0v) is 18.5. The van der Waals surface area contributed by atoms with Gasteiger partial charge >= 0.3 is 0 Å². The van der Waals surface area contributed by atoms with E-state index in [0.717, 1.165) is 41.9 Å². The normalized spacial score (nSPS) is 13.6. The van der Waals surface area contributed by atoms with Gasteiger partial charge in [-0.05, 0) is 43.4 Å². The van der Waals surface area contributed by atoms with Crippen LogP contribution in [-0.4, -0.2) is 24.1 Å². The van der Waals surface area contributed by atoms with Gasteiger partial charge in [-0.25, -0.2) is 9.98 Å². The number of pyridine rings is 1. The minimum atomic E-state index is 0. The van der Waals surface area contributed by atoms with E-state index in [-0.39, 0.29) is 24.0 Å². The van der Waals surface area contributed by atoms with Gasteiger partial charge in [0.2, 0.25) is 0 Å². The highest BCUT2D eigenvalue weighted by Gasteiger charge is 2.22. The minimum absolute atomic E-state index is 0. The Balaban J connectivity index is 0.00000261. The van der Waals surface area contributed by atoms with Crippen LogP contribution >= 0.6 is 35.6 Å². The first-order valence-corrected chi connectivity index (χ1v) is 9.45. The minimum Gasteiger partial charge on any atom is -0.493 e. The van der Waals surface area contributed by atoms with Crippen LogP contribution in [-0.2, 0) is 13.1 Å². The topological polar surface area (TPSA) is 58.5 Å². The Kier molecular flexibility index (Phi) is 9.14. The molecule has 1 fully saturated rings. The number of hydrogen-bond acceptors (Lipinski definition) is 3. The molecular weight excluding hydrogens is 475 g/mol. The van der Waals surface area contributed by atoms with E-state index in [9.17, 15) is 0 Å². The van der Waals surface area contributed by atoms with Crippen LogP contribution in [0.4, 0.5) is 0 Å². The molecule has 0 radical (unpaired) electrons. The van der Waals surface area contributed by atoms with Crippen LogP contribution in [0.15, 0.2) is 47.6 Å². The highest BCUT2D eigenvalue weighted by atomic mass is 127. The lowest BCUT2D eigenvalue weighted by atomic mass is 10.2. The van der Waals surface area contributed by atoms with Crippen molar-refractivity contribution in [2.45, 2.75) is 32.9 Å². The highest BCUT2D eigenvalue weighted by Crippen LogP contribution is 2.30. The fourth-order valence-electron chi connectivity index (χ4n) is 2.47. The third kappa shape index (κ3) is 7.54. The summed E-state index contributed by atoms with van der Waals surface area (Å²) in [4.78, 5) is 8.70. The summed E-state index contributed by atoms with van der Waals surface area (Å²) in [7, 11) is 0. The Morgan fingerprint density at radius 1 is 1.22 bits per heavy atom. The Morgan fingerprint density at radius 3 is 2.74 bits per heavy atom. The van der Waals surface area contributed by atoms with Crippen LogP contribution in [0, 0.1) is 5.92 Å². The molecule has 1 aliphatic rings. The maximum Gasteiger partial charge on any atom is 0.191 e. The molecule has 27 heavy (non-hydrogen) atoms. The largest absolute Gasteiger partial charge is 0.493 e. The van der Waals surface area contributed by atoms with E-state index in [1.165, 1.54) is 12.8 Å². The van der Waals surface area contributed by atoms with Crippen molar-refractivity contribution >= 4 is 41.5 Å². The van der Waals surface area contributed by atoms with Crippen LogP contribution in [0.5, 0.6) is 5.75 Å². The Labute approximate surface area is 183 Å². The number of hydrogen-bond donors (Lipinski definition) is 2. The quantitative estimate of drug-likeness (QED) is 0.244. The molecule has 7 heteroatoms. The van der Waals surface area contributed by atoms with Gasteiger partial charge in [0.25, 0.3) is 0 Å². The van der Waals surface area contributed by atoms with Crippen molar-refractivity contribution in [3.8, 4) is 5.75 Å². The van der Waals surface area contributed by atoms with E-state index < -0.39 is 0 Å². The number of nitrogens with zero attached hydrogens (tertiary/aromatic N) is 2. The molecule has 0 saturated heterocycles. The molecule has 1 saturated carbocycles. The predicted octanol–water partition coefficient (Wildman–Crippen LogP) is 4.40. The number of ether oxygens (including phenoxy) is 1. The first-order valence-electron chi connectivity index (χ1n) is 9.08. The van der Waals surface area contributed by atoms with E-state index in [1.807, 2.05) is 31.2 Å². The summed E-state index contributed by atoms with van der Waals surface area (Å²) in [6.45, 7) is 4.86. The van der Waals surface area contributed by atoms with Crippen LogP contribution in [0.25, 0.3) is 0 Å². The van der Waals surface area contributed by atoms with Crippen LogP contribution < -0.4 is 15.4 Å². The Bertz CT molecular complexity index is 735. The summed E-state index contributed by atoms with van der Waals surface area (Å²) < 4.78 is 5.97. The molecule has 1 aliphatic carbocycles. The molecule has 1 heterocycles. The molecule has 0 aliphatic heterocycles. The van der Waals surface area contributed by atoms with E-state index in [4.69, 9.17) is 16.3 Å². The lowest BCUT2D eigenvalue weighted by Crippen LogP contribution is -2.36. The van der Waals surface area contributed by atoms with Crippen molar-refractivity contribution in [3.05, 3.63) is 58.9 Å². The zero-order chi connectivity index (χ0) is 18.2. The molecule has 1 aromatic carbocycles. The van der Waals surface area contributed by atoms with Crippen LogP contribution in [0.1, 0.15) is 30.9 Å². The number of benzene rings is 1. The molecule has 0 atom stereocenters. The Hall–Kier alpha value is -1.54. The number of rotatable bonds is 8. The highest BCUT2D eigenvalue weighted by molar-refractivity contribution is 14.0. The monoisotopic (exact) mass is 500 g/mol. The molecule has 0 spiro atoms. The fourth-order valence-corrected chi connectivity index (χ4v) is 2.59. The van der Waals surface area contributed by atoms with Gasteiger partial charge in [0.15, 0.2) is 5.96 Å². The molecule has 0 bridgehead atoms. The smallest absolute Gasteiger partial charge is 0.191 e. The maximum absolute atomic E-state index is 5.97. The van der Waals surface area contributed by atoms with Gasteiger partial charge in [-0.15, -0.1) is 24.0 Å². The number of halogens is 2. The summed E-state index contributed by atoms with van der Waals surface area (Å²) >= 11 is 5.82. The SMILES string of the molecule is CCNC(=NCc1ccc(Cl)nc1)NCc1ccccc1OCC1CC1.I. The lowest BCUT2D eigenvalue weighted by molar-refractivity contribution is 0.296. The van der Waals surface area contributed by atoms with Crippen molar-refractivity contribution in [2.24, 2.45) is 10.9 Å².